The average Bonchev–Trinajstić information content (AvgIpc) is 2.60. The molecular formula is C21H20Cl2N2O2. The number of carbonyl (C=O) groups is 1. The molecule has 27 heavy (non-hydrogen) atoms. The highest BCUT2D eigenvalue weighted by Gasteiger charge is 2.33. The Balaban J connectivity index is 1.69. The van der Waals surface area contributed by atoms with Crippen LogP contribution in [-0.4, -0.2) is 27.6 Å². The van der Waals surface area contributed by atoms with Crippen LogP contribution in [0.3, 0.4) is 0 Å². The Morgan fingerprint density at radius 2 is 2.15 bits per heavy atom. The maximum Gasteiger partial charge on any atom is 0.254 e. The first-order chi connectivity index (χ1) is 12.8. The molecule has 140 valence electrons. The van der Waals surface area contributed by atoms with Crippen LogP contribution in [0.4, 0.5) is 0 Å². The number of nitrogens with one attached hydrogen (secondary N) is 1. The molecule has 1 aliphatic carbocycles. The van der Waals surface area contributed by atoms with E-state index in [1.807, 2.05) is 19.1 Å². The summed E-state index contributed by atoms with van der Waals surface area (Å²) in [7, 11) is 0. The molecule has 1 aliphatic rings. The van der Waals surface area contributed by atoms with Crippen molar-refractivity contribution in [2.24, 2.45) is 0 Å². The molecule has 0 saturated heterocycles. The van der Waals surface area contributed by atoms with Crippen LogP contribution in [-0.2, 0) is 0 Å². The summed E-state index contributed by atoms with van der Waals surface area (Å²) in [6.45, 7) is 1.81. The zero-order chi connectivity index (χ0) is 19.4. The quantitative estimate of drug-likeness (QED) is 0.585. The predicted octanol–water partition coefficient (Wildman–Crippen LogP) is 4.15. The molecule has 4 nitrogen and oxygen atoms in total. The van der Waals surface area contributed by atoms with E-state index in [1.54, 1.807) is 24.3 Å². The highest BCUT2D eigenvalue weighted by molar-refractivity contribution is 6.32. The minimum Gasteiger partial charge on any atom is -0.378 e. The predicted molar refractivity (Wildman–Crippen MR) is 107 cm³/mol. The van der Waals surface area contributed by atoms with Crippen LogP contribution in [0, 0.1) is 18.8 Å². The molecule has 1 saturated carbocycles. The number of benzene rings is 1. The van der Waals surface area contributed by atoms with Gasteiger partial charge >= 0.3 is 0 Å². The van der Waals surface area contributed by atoms with Gasteiger partial charge in [0.25, 0.3) is 5.91 Å². The monoisotopic (exact) mass is 402 g/mol. The van der Waals surface area contributed by atoms with Gasteiger partial charge in [0.05, 0.1) is 5.56 Å². The lowest BCUT2D eigenvalue weighted by molar-refractivity contribution is 0.0452. The molecule has 2 N–H and O–H groups in total. The molecule has 1 amide bonds. The van der Waals surface area contributed by atoms with Gasteiger partial charge in [0.2, 0.25) is 0 Å². The van der Waals surface area contributed by atoms with Crippen molar-refractivity contribution < 1.29 is 9.90 Å². The highest BCUT2D eigenvalue weighted by Crippen LogP contribution is 2.28. The van der Waals surface area contributed by atoms with Crippen molar-refractivity contribution in [3.8, 4) is 11.8 Å². The molecular weight excluding hydrogens is 383 g/mol. The second-order valence-electron chi connectivity index (χ2n) is 6.85. The fourth-order valence-corrected chi connectivity index (χ4v) is 3.67. The van der Waals surface area contributed by atoms with Crippen molar-refractivity contribution in [1.82, 2.24) is 10.3 Å². The first-order valence-electron chi connectivity index (χ1n) is 8.80. The maximum atomic E-state index is 12.5. The maximum absolute atomic E-state index is 12.5. The van der Waals surface area contributed by atoms with Crippen molar-refractivity contribution in [2.75, 3.05) is 0 Å². The van der Waals surface area contributed by atoms with E-state index in [9.17, 15) is 9.90 Å². The lowest BCUT2D eigenvalue weighted by Crippen LogP contribution is -2.45. The molecule has 1 heterocycles. The minimum atomic E-state index is -1.15. The van der Waals surface area contributed by atoms with Crippen molar-refractivity contribution in [3.05, 3.63) is 63.4 Å². The Morgan fingerprint density at radius 1 is 1.33 bits per heavy atom. The Hall–Kier alpha value is -2.06. The lowest BCUT2D eigenvalue weighted by Gasteiger charge is -2.33. The van der Waals surface area contributed by atoms with Crippen LogP contribution < -0.4 is 5.32 Å². The van der Waals surface area contributed by atoms with Gasteiger partial charge in [-0.05, 0) is 56.5 Å². The summed E-state index contributed by atoms with van der Waals surface area (Å²) < 4.78 is 0. The van der Waals surface area contributed by atoms with Crippen LogP contribution in [0.25, 0.3) is 0 Å². The van der Waals surface area contributed by atoms with Gasteiger partial charge in [-0.15, -0.1) is 0 Å². The van der Waals surface area contributed by atoms with Crippen molar-refractivity contribution in [2.45, 2.75) is 44.2 Å². The fraction of sp³-hybridized carbons (Fsp3) is 0.333. The highest BCUT2D eigenvalue weighted by atomic mass is 35.5. The van der Waals surface area contributed by atoms with Gasteiger partial charge in [0.15, 0.2) is 0 Å². The van der Waals surface area contributed by atoms with Gasteiger partial charge in [0, 0.05) is 28.7 Å². The number of hydrogen-bond acceptors (Lipinski definition) is 3. The van der Waals surface area contributed by atoms with E-state index in [1.165, 1.54) is 0 Å². The molecule has 3 rings (SSSR count). The summed E-state index contributed by atoms with van der Waals surface area (Å²) in [6.07, 6.45) is 2.48. The molecule has 1 aromatic carbocycles. The third-order valence-corrected chi connectivity index (χ3v) is 5.08. The van der Waals surface area contributed by atoms with E-state index < -0.39 is 5.60 Å². The zero-order valence-corrected chi connectivity index (χ0v) is 16.4. The molecule has 2 aromatic rings. The van der Waals surface area contributed by atoms with Gasteiger partial charge < -0.3 is 10.4 Å². The second kappa shape index (κ2) is 8.31. The van der Waals surface area contributed by atoms with Crippen LogP contribution >= 0.6 is 23.2 Å². The molecule has 6 heteroatoms. The molecule has 0 bridgehead atoms. The average molecular weight is 403 g/mol. The number of halogens is 2. The van der Waals surface area contributed by atoms with Crippen LogP contribution in [0.15, 0.2) is 36.4 Å². The SMILES string of the molecule is Cc1ccc(C(=O)N[C@H]2CCC[C@@](O)(C#Cc3cccc(Cl)c3)C2)c(Cl)n1. The van der Waals surface area contributed by atoms with E-state index in [-0.39, 0.29) is 17.1 Å². The largest absolute Gasteiger partial charge is 0.378 e. The first-order valence-corrected chi connectivity index (χ1v) is 9.55. The van der Waals surface area contributed by atoms with Crippen LogP contribution in [0.1, 0.15) is 47.3 Å². The fourth-order valence-electron chi connectivity index (χ4n) is 3.20. The van der Waals surface area contributed by atoms with Crippen LogP contribution in [0.2, 0.25) is 10.2 Å². The summed E-state index contributed by atoms with van der Waals surface area (Å²) in [6, 6.07) is 10.4. The summed E-state index contributed by atoms with van der Waals surface area (Å²) in [4.78, 5) is 16.6. The smallest absolute Gasteiger partial charge is 0.254 e. The lowest BCUT2D eigenvalue weighted by atomic mass is 9.82. The van der Waals surface area contributed by atoms with Crippen LogP contribution in [0.5, 0.6) is 0 Å². The van der Waals surface area contributed by atoms with E-state index in [0.717, 1.165) is 24.1 Å². The normalized spacial score (nSPS) is 21.9. The zero-order valence-electron chi connectivity index (χ0n) is 14.9. The van der Waals surface area contributed by atoms with Crippen molar-refractivity contribution in [3.63, 3.8) is 0 Å². The first kappa shape index (κ1) is 19.7. The number of pyridine rings is 1. The summed E-state index contributed by atoms with van der Waals surface area (Å²) in [5, 5.41) is 14.6. The molecule has 0 unspecified atom stereocenters. The van der Waals surface area contributed by atoms with E-state index in [2.05, 4.69) is 22.1 Å². The second-order valence-corrected chi connectivity index (χ2v) is 7.64. The van der Waals surface area contributed by atoms with Gasteiger partial charge in [0.1, 0.15) is 10.8 Å². The number of rotatable bonds is 2. The number of aryl methyl sites for hydroxylation is 1. The standard InChI is InChI=1S/C21H20Cl2N2O2/c1-14-7-8-18(19(23)24-14)20(26)25-17-6-3-10-21(27,13-17)11-9-15-4-2-5-16(22)12-15/h2,4-5,7-8,12,17,27H,3,6,10,13H2,1H3,(H,25,26)/t17-,21+/m0/s1. The third kappa shape index (κ3) is 5.23. The van der Waals surface area contributed by atoms with E-state index in [4.69, 9.17) is 23.2 Å². The molecule has 2 atom stereocenters. The van der Waals surface area contributed by atoms with Crippen molar-refractivity contribution >= 4 is 29.1 Å². The number of amides is 1. The number of aliphatic hydroxyl groups is 1. The summed E-state index contributed by atoms with van der Waals surface area (Å²) in [5.41, 5.74) is 0.689. The molecule has 0 radical (unpaired) electrons. The summed E-state index contributed by atoms with van der Waals surface area (Å²) >= 11 is 12.0. The Bertz CT molecular complexity index is 920. The van der Waals surface area contributed by atoms with Crippen molar-refractivity contribution in [1.29, 1.82) is 0 Å². The third-order valence-electron chi connectivity index (χ3n) is 4.56. The van der Waals surface area contributed by atoms with Gasteiger partial charge in [-0.2, -0.15) is 0 Å². The Labute approximate surface area is 168 Å². The molecule has 1 fully saturated rings. The molecule has 1 aromatic heterocycles. The number of hydrogen-bond donors (Lipinski definition) is 2. The van der Waals surface area contributed by atoms with E-state index >= 15 is 0 Å². The minimum absolute atomic E-state index is 0.178. The van der Waals surface area contributed by atoms with Gasteiger partial charge in [-0.1, -0.05) is 41.1 Å². The van der Waals surface area contributed by atoms with Gasteiger partial charge in [-0.25, -0.2) is 4.98 Å². The molecule has 0 spiro atoms. The molecule has 0 aliphatic heterocycles. The Kier molecular flexibility index (Phi) is 6.06. The number of nitrogens with zero attached hydrogens (tertiary/aromatic N) is 1. The number of aromatic nitrogens is 1. The topological polar surface area (TPSA) is 62.2 Å². The van der Waals surface area contributed by atoms with E-state index in [0.29, 0.717) is 23.4 Å². The Morgan fingerprint density at radius 3 is 2.89 bits per heavy atom. The summed E-state index contributed by atoms with van der Waals surface area (Å²) in [5.74, 6) is 5.66. The van der Waals surface area contributed by atoms with Gasteiger partial charge in [-0.3, -0.25) is 4.79 Å². The number of carbonyl (C=O) groups excluding carboxylic acids is 1.